The molecule has 0 saturated heterocycles. The zero-order valence-corrected chi connectivity index (χ0v) is 11.4. The van der Waals surface area contributed by atoms with Gasteiger partial charge in [-0.15, -0.1) is 0 Å². The van der Waals surface area contributed by atoms with Crippen molar-refractivity contribution in [1.82, 2.24) is 5.32 Å². The predicted octanol–water partition coefficient (Wildman–Crippen LogP) is 1.50. The van der Waals surface area contributed by atoms with E-state index in [0.717, 1.165) is 0 Å². The van der Waals surface area contributed by atoms with E-state index in [2.05, 4.69) is 5.32 Å². The molecule has 0 saturated carbocycles. The summed E-state index contributed by atoms with van der Waals surface area (Å²) in [6.45, 7) is 5.02. The summed E-state index contributed by atoms with van der Waals surface area (Å²) in [7, 11) is 0. The molecule has 1 atom stereocenters. The van der Waals surface area contributed by atoms with E-state index in [1.54, 1.807) is 26.0 Å². The van der Waals surface area contributed by atoms with Crippen LogP contribution in [0.4, 0.5) is 0 Å². The molecule has 0 aliphatic heterocycles. The van der Waals surface area contributed by atoms with Gasteiger partial charge in [0.15, 0.2) is 0 Å². The Morgan fingerprint density at radius 3 is 2.16 bits per heavy atom. The molecule has 19 heavy (non-hydrogen) atoms. The second-order valence-corrected chi connectivity index (χ2v) is 4.52. The van der Waals surface area contributed by atoms with Crippen LogP contribution in [0.5, 0.6) is 0 Å². The molecule has 0 heterocycles. The number of aliphatic hydroxyl groups is 1. The molecule has 0 bridgehead atoms. The lowest BCUT2D eigenvalue weighted by molar-refractivity contribution is 0.0689. The Kier molecular flexibility index (Phi) is 5.06. The molecule has 0 fully saturated rings. The first-order valence-corrected chi connectivity index (χ1v) is 6.17. The normalized spacial score (nSPS) is 12.0. The summed E-state index contributed by atoms with van der Waals surface area (Å²) in [5.74, 6) is -1.58. The third-order valence-electron chi connectivity index (χ3n) is 3.11. The predicted molar refractivity (Wildman–Crippen MR) is 71.5 cm³/mol. The summed E-state index contributed by atoms with van der Waals surface area (Å²) in [4.78, 5) is 23.5. The quantitative estimate of drug-likeness (QED) is 0.753. The molecule has 0 aliphatic carbocycles. The first-order valence-electron chi connectivity index (χ1n) is 6.17. The van der Waals surface area contributed by atoms with Gasteiger partial charge >= 0.3 is 5.97 Å². The van der Waals surface area contributed by atoms with Crippen molar-refractivity contribution in [2.75, 3.05) is 6.61 Å². The molecule has 0 unspecified atom stereocenters. The van der Waals surface area contributed by atoms with Crippen LogP contribution in [0.1, 0.15) is 45.2 Å². The van der Waals surface area contributed by atoms with Crippen LogP contribution >= 0.6 is 0 Å². The van der Waals surface area contributed by atoms with Crippen LogP contribution in [0, 0.1) is 13.8 Å². The van der Waals surface area contributed by atoms with Crippen LogP contribution in [-0.4, -0.2) is 34.7 Å². The average molecular weight is 265 g/mol. The second kappa shape index (κ2) is 6.33. The third-order valence-corrected chi connectivity index (χ3v) is 3.11. The minimum Gasteiger partial charge on any atom is -0.478 e. The van der Waals surface area contributed by atoms with Gasteiger partial charge in [0.2, 0.25) is 0 Å². The van der Waals surface area contributed by atoms with Gasteiger partial charge in [0.05, 0.1) is 23.8 Å². The maximum atomic E-state index is 12.2. The number of benzene rings is 1. The number of aliphatic hydroxyl groups excluding tert-OH is 1. The van der Waals surface area contributed by atoms with E-state index >= 15 is 0 Å². The molecule has 0 aliphatic rings. The smallest absolute Gasteiger partial charge is 0.336 e. The van der Waals surface area contributed by atoms with Crippen LogP contribution in [0.3, 0.4) is 0 Å². The van der Waals surface area contributed by atoms with Gasteiger partial charge in [-0.3, -0.25) is 4.79 Å². The SMILES string of the molecule is CC[C@@H](CO)NC(=O)c1c(C)ccc(C)c1C(=O)O. The number of hydrogen-bond acceptors (Lipinski definition) is 3. The number of aryl methyl sites for hydroxylation is 2. The number of amides is 1. The lowest BCUT2D eigenvalue weighted by Gasteiger charge is -2.17. The summed E-state index contributed by atoms with van der Waals surface area (Å²) in [6, 6.07) is 3.03. The average Bonchev–Trinajstić information content (AvgIpc) is 2.37. The lowest BCUT2D eigenvalue weighted by atomic mass is 9.96. The number of carbonyl (C=O) groups is 2. The summed E-state index contributed by atoms with van der Waals surface area (Å²) in [5.41, 5.74) is 1.33. The van der Waals surface area contributed by atoms with Crippen molar-refractivity contribution in [3.63, 3.8) is 0 Å². The van der Waals surface area contributed by atoms with Gasteiger partial charge in [-0.2, -0.15) is 0 Å². The molecule has 3 N–H and O–H groups in total. The lowest BCUT2D eigenvalue weighted by Crippen LogP contribution is -2.38. The van der Waals surface area contributed by atoms with E-state index in [1.807, 2.05) is 6.92 Å². The van der Waals surface area contributed by atoms with Gasteiger partial charge in [-0.05, 0) is 31.4 Å². The number of hydrogen-bond donors (Lipinski definition) is 3. The second-order valence-electron chi connectivity index (χ2n) is 4.52. The van der Waals surface area contributed by atoms with E-state index in [1.165, 1.54) is 0 Å². The number of rotatable bonds is 5. The molecule has 5 nitrogen and oxygen atoms in total. The minimum absolute atomic E-state index is 0.0188. The van der Waals surface area contributed by atoms with E-state index in [9.17, 15) is 14.7 Å². The number of nitrogens with one attached hydrogen (secondary N) is 1. The van der Waals surface area contributed by atoms with Crippen molar-refractivity contribution in [1.29, 1.82) is 0 Å². The molecule has 1 amide bonds. The van der Waals surface area contributed by atoms with Crippen molar-refractivity contribution >= 4 is 11.9 Å². The number of carbonyl (C=O) groups excluding carboxylic acids is 1. The first-order chi connectivity index (χ1) is 8.92. The number of aromatic carboxylic acids is 1. The Morgan fingerprint density at radius 1 is 1.21 bits per heavy atom. The van der Waals surface area contributed by atoms with E-state index < -0.39 is 11.9 Å². The van der Waals surface area contributed by atoms with Gasteiger partial charge < -0.3 is 15.5 Å². The summed E-state index contributed by atoms with van der Waals surface area (Å²) in [6.07, 6.45) is 0.579. The Labute approximate surface area is 112 Å². The molecule has 1 aromatic rings. The Morgan fingerprint density at radius 2 is 1.74 bits per heavy atom. The zero-order valence-electron chi connectivity index (χ0n) is 11.4. The van der Waals surface area contributed by atoms with Crippen LogP contribution in [0.25, 0.3) is 0 Å². The fraction of sp³-hybridized carbons (Fsp3) is 0.429. The molecule has 0 spiro atoms. The maximum absolute atomic E-state index is 12.2. The van der Waals surface area contributed by atoms with Crippen molar-refractivity contribution in [3.8, 4) is 0 Å². The highest BCUT2D eigenvalue weighted by molar-refractivity contribution is 6.06. The molecule has 0 aromatic heterocycles. The maximum Gasteiger partial charge on any atom is 0.336 e. The molecular formula is C14H19NO4. The fourth-order valence-electron chi connectivity index (χ4n) is 1.91. The summed E-state index contributed by atoms with van der Waals surface area (Å²) < 4.78 is 0. The third kappa shape index (κ3) is 3.32. The molecule has 0 radical (unpaired) electrons. The largest absolute Gasteiger partial charge is 0.478 e. The Balaban J connectivity index is 3.22. The van der Waals surface area contributed by atoms with Crippen LogP contribution in [0.15, 0.2) is 12.1 Å². The highest BCUT2D eigenvalue weighted by Crippen LogP contribution is 2.19. The van der Waals surface area contributed by atoms with Crippen molar-refractivity contribution in [3.05, 3.63) is 34.4 Å². The van der Waals surface area contributed by atoms with Crippen LogP contribution < -0.4 is 5.32 Å². The van der Waals surface area contributed by atoms with Gasteiger partial charge in [0.1, 0.15) is 0 Å². The van der Waals surface area contributed by atoms with Gasteiger partial charge in [0, 0.05) is 0 Å². The highest BCUT2D eigenvalue weighted by atomic mass is 16.4. The molecular weight excluding hydrogens is 246 g/mol. The van der Waals surface area contributed by atoms with Crippen molar-refractivity contribution in [2.24, 2.45) is 0 Å². The van der Waals surface area contributed by atoms with E-state index in [-0.39, 0.29) is 23.8 Å². The summed E-state index contributed by atoms with van der Waals surface area (Å²) >= 11 is 0. The molecule has 5 heteroatoms. The number of carboxylic acids is 1. The van der Waals surface area contributed by atoms with Crippen molar-refractivity contribution in [2.45, 2.75) is 33.2 Å². The van der Waals surface area contributed by atoms with E-state index in [0.29, 0.717) is 17.5 Å². The van der Waals surface area contributed by atoms with Crippen LogP contribution in [0.2, 0.25) is 0 Å². The molecule has 1 rings (SSSR count). The van der Waals surface area contributed by atoms with Gasteiger partial charge in [-0.1, -0.05) is 19.1 Å². The minimum atomic E-state index is -1.12. The first kappa shape index (κ1) is 15.2. The Hall–Kier alpha value is -1.88. The van der Waals surface area contributed by atoms with E-state index in [4.69, 9.17) is 5.11 Å². The monoisotopic (exact) mass is 265 g/mol. The summed E-state index contributed by atoms with van der Waals surface area (Å²) in [5, 5.41) is 21.0. The topological polar surface area (TPSA) is 86.6 Å². The van der Waals surface area contributed by atoms with Crippen LogP contribution in [-0.2, 0) is 0 Å². The molecule has 1 aromatic carbocycles. The van der Waals surface area contributed by atoms with Crippen molar-refractivity contribution < 1.29 is 19.8 Å². The standard InChI is InChI=1S/C14H19NO4/c1-4-10(7-16)15-13(17)11-8(2)5-6-9(3)12(11)14(18)19/h5-6,10,16H,4,7H2,1-3H3,(H,15,17)(H,18,19)/t10-/m0/s1. The highest BCUT2D eigenvalue weighted by Gasteiger charge is 2.22. The van der Waals surface area contributed by atoms with Gasteiger partial charge in [0.25, 0.3) is 5.91 Å². The van der Waals surface area contributed by atoms with Gasteiger partial charge in [-0.25, -0.2) is 4.79 Å². The fourth-order valence-corrected chi connectivity index (χ4v) is 1.91. The number of carboxylic acid groups (broad SMARTS) is 1. The zero-order chi connectivity index (χ0) is 14.6. The molecule has 104 valence electrons. The Bertz CT molecular complexity index is 492.